The fraction of sp³-hybridized carbons (Fsp3) is 0.333. The lowest BCUT2D eigenvalue weighted by Crippen LogP contribution is -2.42. The molecular formula is C21H21ClN6O2. The van der Waals surface area contributed by atoms with Gasteiger partial charge in [0.1, 0.15) is 6.10 Å². The van der Waals surface area contributed by atoms with Crippen molar-refractivity contribution in [3.63, 3.8) is 0 Å². The highest BCUT2D eigenvalue weighted by Gasteiger charge is 2.58. The predicted molar refractivity (Wildman–Crippen MR) is 112 cm³/mol. The molecule has 1 spiro atoms. The molecule has 2 N–H and O–H groups in total. The normalized spacial score (nSPS) is 22.8. The topological polar surface area (TPSA) is 99.2 Å². The fourth-order valence-electron chi connectivity index (χ4n) is 4.24. The van der Waals surface area contributed by atoms with Crippen LogP contribution in [-0.4, -0.2) is 50.0 Å². The molecule has 3 heterocycles. The smallest absolute Gasteiger partial charge is 0.256 e. The first-order chi connectivity index (χ1) is 14.5. The number of ether oxygens (including phenoxy) is 1. The Bertz CT molecular complexity index is 1090. The first-order valence-corrected chi connectivity index (χ1v) is 10.3. The van der Waals surface area contributed by atoms with Crippen molar-refractivity contribution in [1.82, 2.24) is 24.9 Å². The van der Waals surface area contributed by atoms with Crippen LogP contribution in [0.1, 0.15) is 29.6 Å². The standard InChI is InChI=1S/C21H21ClN6O2/c22-14-2-3-17(28-25-7-8-26-28)16(10-14)20(29)27-9-1-5-21(13-27)12-18(21)30-19-11-15(23)4-6-24-19/h2-4,6-8,10-11,18H,1,5,9,12-13H2,(H2,23,24)/t18-,21-/m1/s1. The quantitative estimate of drug-likeness (QED) is 0.691. The van der Waals surface area contributed by atoms with Gasteiger partial charge in [0.2, 0.25) is 5.88 Å². The summed E-state index contributed by atoms with van der Waals surface area (Å²) in [6, 6.07) is 8.64. The molecule has 3 aromatic rings. The second kappa shape index (κ2) is 7.28. The molecule has 2 fully saturated rings. The van der Waals surface area contributed by atoms with Crippen LogP contribution in [0.5, 0.6) is 5.88 Å². The molecule has 1 aliphatic carbocycles. The summed E-state index contributed by atoms with van der Waals surface area (Å²) >= 11 is 6.20. The molecular weight excluding hydrogens is 404 g/mol. The molecule has 5 rings (SSSR count). The van der Waals surface area contributed by atoms with E-state index in [0.717, 1.165) is 19.3 Å². The van der Waals surface area contributed by atoms with Crippen molar-refractivity contribution in [3.8, 4) is 11.6 Å². The number of benzene rings is 1. The van der Waals surface area contributed by atoms with Crippen LogP contribution in [0.15, 0.2) is 48.9 Å². The van der Waals surface area contributed by atoms with E-state index in [9.17, 15) is 4.79 Å². The van der Waals surface area contributed by atoms with Crippen LogP contribution in [0.25, 0.3) is 5.69 Å². The summed E-state index contributed by atoms with van der Waals surface area (Å²) in [6.07, 6.45) is 7.68. The number of nitrogens with zero attached hydrogens (tertiary/aromatic N) is 5. The third-order valence-electron chi connectivity index (χ3n) is 5.86. The predicted octanol–water partition coefficient (Wildman–Crippen LogP) is 2.97. The van der Waals surface area contributed by atoms with Gasteiger partial charge >= 0.3 is 0 Å². The summed E-state index contributed by atoms with van der Waals surface area (Å²) in [5.74, 6) is 0.457. The molecule has 0 radical (unpaired) electrons. The van der Waals surface area contributed by atoms with E-state index in [1.807, 2.05) is 4.90 Å². The lowest BCUT2D eigenvalue weighted by atomic mass is 9.93. The number of aromatic nitrogens is 4. The Balaban J connectivity index is 1.35. The highest BCUT2D eigenvalue weighted by molar-refractivity contribution is 6.31. The number of likely N-dealkylation sites (tertiary alicyclic amines) is 1. The molecule has 1 aromatic carbocycles. The Kier molecular flexibility index (Phi) is 4.58. The second-order valence-electron chi connectivity index (χ2n) is 7.91. The molecule has 1 saturated carbocycles. The maximum absolute atomic E-state index is 13.4. The molecule has 0 bridgehead atoms. The van der Waals surface area contributed by atoms with E-state index in [1.54, 1.807) is 48.9 Å². The summed E-state index contributed by atoms with van der Waals surface area (Å²) in [5.41, 5.74) is 7.51. The van der Waals surface area contributed by atoms with E-state index >= 15 is 0 Å². The maximum Gasteiger partial charge on any atom is 0.256 e. The molecule has 2 atom stereocenters. The Morgan fingerprint density at radius 1 is 1.20 bits per heavy atom. The molecule has 2 aromatic heterocycles. The highest BCUT2D eigenvalue weighted by atomic mass is 35.5. The van der Waals surface area contributed by atoms with Crippen molar-refractivity contribution >= 4 is 23.2 Å². The van der Waals surface area contributed by atoms with Crippen molar-refractivity contribution in [3.05, 3.63) is 59.5 Å². The van der Waals surface area contributed by atoms with Crippen molar-refractivity contribution in [1.29, 1.82) is 0 Å². The summed E-state index contributed by atoms with van der Waals surface area (Å²) in [7, 11) is 0. The third kappa shape index (κ3) is 3.47. The van der Waals surface area contributed by atoms with Crippen molar-refractivity contribution < 1.29 is 9.53 Å². The third-order valence-corrected chi connectivity index (χ3v) is 6.09. The van der Waals surface area contributed by atoms with Gasteiger partial charge < -0.3 is 15.4 Å². The summed E-state index contributed by atoms with van der Waals surface area (Å²) in [6.45, 7) is 1.33. The molecule has 154 valence electrons. The van der Waals surface area contributed by atoms with Gasteiger partial charge in [0.25, 0.3) is 5.91 Å². The fourth-order valence-corrected chi connectivity index (χ4v) is 4.41. The van der Waals surface area contributed by atoms with E-state index in [0.29, 0.717) is 40.9 Å². The van der Waals surface area contributed by atoms with Gasteiger partial charge in [-0.15, -0.1) is 0 Å². The molecule has 30 heavy (non-hydrogen) atoms. The molecule has 0 unspecified atom stereocenters. The molecule has 1 aliphatic heterocycles. The molecule has 8 nitrogen and oxygen atoms in total. The number of amides is 1. The first kappa shape index (κ1) is 18.9. The van der Waals surface area contributed by atoms with E-state index < -0.39 is 0 Å². The largest absolute Gasteiger partial charge is 0.474 e. The van der Waals surface area contributed by atoms with Gasteiger partial charge in [0, 0.05) is 41.5 Å². The molecule has 2 aliphatic rings. The second-order valence-corrected chi connectivity index (χ2v) is 8.35. The average molecular weight is 425 g/mol. The number of pyridine rings is 1. The van der Waals surface area contributed by atoms with Gasteiger partial charge in [-0.25, -0.2) is 4.98 Å². The van der Waals surface area contributed by atoms with Crippen LogP contribution in [-0.2, 0) is 0 Å². The minimum Gasteiger partial charge on any atom is -0.474 e. The Morgan fingerprint density at radius 2 is 2.03 bits per heavy atom. The summed E-state index contributed by atoms with van der Waals surface area (Å²) in [4.78, 5) is 21.0. The van der Waals surface area contributed by atoms with Gasteiger partial charge in [-0.3, -0.25) is 4.79 Å². The van der Waals surface area contributed by atoms with Crippen molar-refractivity contribution in [2.75, 3.05) is 18.8 Å². The van der Waals surface area contributed by atoms with Gasteiger partial charge in [0.15, 0.2) is 0 Å². The Labute approximate surface area is 178 Å². The number of carbonyl (C=O) groups is 1. The number of hydrogen-bond acceptors (Lipinski definition) is 6. The highest BCUT2D eigenvalue weighted by Crippen LogP contribution is 2.54. The lowest BCUT2D eigenvalue weighted by Gasteiger charge is -2.34. The number of rotatable bonds is 4. The minimum absolute atomic E-state index is 0.0361. The minimum atomic E-state index is -0.0726. The van der Waals surface area contributed by atoms with E-state index in [2.05, 4.69) is 15.2 Å². The van der Waals surface area contributed by atoms with Crippen molar-refractivity contribution in [2.24, 2.45) is 5.41 Å². The number of carbonyl (C=O) groups excluding carboxylic acids is 1. The molecule has 1 amide bonds. The van der Waals surface area contributed by atoms with E-state index in [1.165, 1.54) is 4.80 Å². The number of halogens is 1. The zero-order chi connectivity index (χ0) is 20.7. The molecule has 9 heteroatoms. The van der Waals surface area contributed by atoms with Crippen molar-refractivity contribution in [2.45, 2.75) is 25.4 Å². The lowest BCUT2D eigenvalue weighted by molar-refractivity contribution is 0.0612. The summed E-state index contributed by atoms with van der Waals surface area (Å²) < 4.78 is 6.06. The monoisotopic (exact) mass is 424 g/mol. The van der Waals surface area contributed by atoms with Crippen LogP contribution >= 0.6 is 11.6 Å². The Hall–Kier alpha value is -3.13. The number of hydrogen-bond donors (Lipinski definition) is 1. The van der Waals surface area contributed by atoms with Crippen LogP contribution in [0.3, 0.4) is 0 Å². The number of nitrogen functional groups attached to an aromatic ring is 1. The van der Waals surface area contributed by atoms with E-state index in [-0.39, 0.29) is 17.4 Å². The summed E-state index contributed by atoms with van der Waals surface area (Å²) in [5, 5.41) is 8.83. The van der Waals surface area contributed by atoms with Gasteiger partial charge in [0.05, 0.1) is 23.6 Å². The number of anilines is 1. The van der Waals surface area contributed by atoms with E-state index in [4.69, 9.17) is 22.1 Å². The number of nitrogens with two attached hydrogens (primary N) is 1. The van der Waals surface area contributed by atoms with Gasteiger partial charge in [-0.05, 0) is 43.5 Å². The molecule has 1 saturated heterocycles. The zero-order valence-electron chi connectivity index (χ0n) is 16.2. The van der Waals surface area contributed by atoms with Crippen LogP contribution in [0, 0.1) is 5.41 Å². The zero-order valence-corrected chi connectivity index (χ0v) is 17.0. The van der Waals surface area contributed by atoms with Gasteiger partial charge in [-0.1, -0.05) is 11.6 Å². The maximum atomic E-state index is 13.4. The van der Waals surface area contributed by atoms with Crippen LogP contribution in [0.4, 0.5) is 5.69 Å². The Morgan fingerprint density at radius 3 is 2.83 bits per heavy atom. The van der Waals surface area contributed by atoms with Crippen LogP contribution < -0.4 is 10.5 Å². The first-order valence-electron chi connectivity index (χ1n) is 9.88. The SMILES string of the molecule is Nc1ccnc(O[C@@H]2C[C@@]23CCCN(C(=O)c2cc(Cl)ccc2-n2nccn2)C3)c1. The average Bonchev–Trinajstić information content (AvgIpc) is 3.14. The number of piperidine rings is 1. The van der Waals surface area contributed by atoms with Crippen LogP contribution in [0.2, 0.25) is 5.02 Å². The van der Waals surface area contributed by atoms with Gasteiger partial charge in [-0.2, -0.15) is 15.0 Å².